The quantitative estimate of drug-likeness (QED) is 0.827. The Kier molecular flexibility index (Phi) is 6.42. The molecule has 1 saturated heterocycles. The average Bonchev–Trinajstić information content (AvgIpc) is 2.62. The maximum absolute atomic E-state index is 12.5. The number of rotatable bonds is 3. The van der Waals surface area contributed by atoms with Crippen LogP contribution in [-0.2, 0) is 0 Å². The molecular formula is C19H22ClN3O2. The van der Waals surface area contributed by atoms with E-state index in [4.69, 9.17) is 5.73 Å². The summed E-state index contributed by atoms with van der Waals surface area (Å²) < 4.78 is 0. The van der Waals surface area contributed by atoms with Crippen molar-refractivity contribution in [2.45, 2.75) is 18.9 Å². The van der Waals surface area contributed by atoms with Crippen LogP contribution in [0.3, 0.4) is 0 Å². The normalized spacial score (nSPS) is 14.5. The number of halogens is 1. The molecule has 1 heterocycles. The van der Waals surface area contributed by atoms with Crippen molar-refractivity contribution in [1.29, 1.82) is 0 Å². The van der Waals surface area contributed by atoms with Crippen LogP contribution in [0.1, 0.15) is 33.6 Å². The van der Waals surface area contributed by atoms with Gasteiger partial charge < -0.3 is 16.0 Å². The summed E-state index contributed by atoms with van der Waals surface area (Å²) in [4.78, 5) is 26.5. The minimum absolute atomic E-state index is 0. The summed E-state index contributed by atoms with van der Waals surface area (Å²) in [5.41, 5.74) is 7.60. The Morgan fingerprint density at radius 2 is 1.60 bits per heavy atom. The second kappa shape index (κ2) is 8.53. The van der Waals surface area contributed by atoms with Gasteiger partial charge in [-0.25, -0.2) is 0 Å². The molecule has 0 aromatic heterocycles. The Balaban J connectivity index is 0.00000225. The molecule has 3 rings (SSSR count). The molecule has 1 fully saturated rings. The minimum Gasteiger partial charge on any atom is -0.399 e. The van der Waals surface area contributed by atoms with Gasteiger partial charge in [0.2, 0.25) is 0 Å². The number of likely N-dealkylation sites (tertiary alicyclic amines) is 1. The first kappa shape index (κ1) is 18.8. The van der Waals surface area contributed by atoms with Crippen molar-refractivity contribution in [1.82, 2.24) is 10.2 Å². The van der Waals surface area contributed by atoms with Gasteiger partial charge in [0.15, 0.2) is 0 Å². The van der Waals surface area contributed by atoms with E-state index in [0.717, 1.165) is 12.8 Å². The van der Waals surface area contributed by atoms with E-state index < -0.39 is 0 Å². The highest BCUT2D eigenvalue weighted by Crippen LogP contribution is 2.16. The molecule has 25 heavy (non-hydrogen) atoms. The van der Waals surface area contributed by atoms with Crippen molar-refractivity contribution < 1.29 is 9.59 Å². The van der Waals surface area contributed by atoms with Crippen LogP contribution in [0.4, 0.5) is 5.69 Å². The summed E-state index contributed by atoms with van der Waals surface area (Å²) in [6, 6.07) is 16.3. The molecule has 1 aliphatic rings. The Labute approximate surface area is 153 Å². The molecule has 0 saturated carbocycles. The lowest BCUT2D eigenvalue weighted by molar-refractivity contribution is 0.0698. The van der Waals surface area contributed by atoms with Crippen LogP contribution in [0.2, 0.25) is 0 Å². The van der Waals surface area contributed by atoms with Crippen LogP contribution < -0.4 is 11.1 Å². The zero-order valence-electron chi connectivity index (χ0n) is 13.9. The molecule has 0 spiro atoms. The van der Waals surface area contributed by atoms with E-state index in [1.807, 2.05) is 23.1 Å². The number of piperidine rings is 1. The number of nitrogens with one attached hydrogen (secondary N) is 1. The van der Waals surface area contributed by atoms with Crippen molar-refractivity contribution in [3.05, 3.63) is 65.7 Å². The zero-order valence-corrected chi connectivity index (χ0v) is 14.7. The number of hydrogen-bond acceptors (Lipinski definition) is 3. The second-order valence-electron chi connectivity index (χ2n) is 6.03. The van der Waals surface area contributed by atoms with E-state index in [-0.39, 0.29) is 30.3 Å². The monoisotopic (exact) mass is 359 g/mol. The highest BCUT2D eigenvalue weighted by molar-refractivity contribution is 5.95. The SMILES string of the molecule is Cl.Nc1cccc(C(=O)N2CCC(NC(=O)c3ccccc3)CC2)c1. The van der Waals surface area contributed by atoms with Gasteiger partial charge in [0.25, 0.3) is 11.8 Å². The van der Waals surface area contributed by atoms with Crippen molar-refractivity contribution in [3.63, 3.8) is 0 Å². The molecule has 0 aliphatic carbocycles. The molecule has 0 unspecified atom stereocenters. The summed E-state index contributed by atoms with van der Waals surface area (Å²) in [7, 11) is 0. The lowest BCUT2D eigenvalue weighted by Gasteiger charge is -2.32. The molecule has 5 nitrogen and oxygen atoms in total. The van der Waals surface area contributed by atoms with Crippen molar-refractivity contribution in [2.24, 2.45) is 0 Å². The first-order valence-electron chi connectivity index (χ1n) is 8.14. The van der Waals surface area contributed by atoms with Gasteiger partial charge in [-0.2, -0.15) is 0 Å². The Morgan fingerprint density at radius 1 is 0.960 bits per heavy atom. The molecule has 0 radical (unpaired) electrons. The predicted octanol–water partition coefficient (Wildman–Crippen LogP) is 2.73. The number of anilines is 1. The fraction of sp³-hybridized carbons (Fsp3) is 0.263. The van der Waals surface area contributed by atoms with E-state index >= 15 is 0 Å². The zero-order chi connectivity index (χ0) is 16.9. The van der Waals surface area contributed by atoms with Gasteiger partial charge >= 0.3 is 0 Å². The first-order chi connectivity index (χ1) is 11.6. The number of amides is 2. The molecule has 2 aromatic rings. The molecular weight excluding hydrogens is 338 g/mol. The van der Waals surface area contributed by atoms with Gasteiger partial charge in [0.05, 0.1) is 0 Å². The average molecular weight is 360 g/mol. The maximum Gasteiger partial charge on any atom is 0.253 e. The molecule has 0 bridgehead atoms. The van der Waals surface area contributed by atoms with E-state index in [9.17, 15) is 9.59 Å². The summed E-state index contributed by atoms with van der Waals surface area (Å²) in [6.45, 7) is 1.26. The summed E-state index contributed by atoms with van der Waals surface area (Å²) in [5, 5.41) is 3.05. The number of nitrogens with two attached hydrogens (primary N) is 1. The van der Waals surface area contributed by atoms with Gasteiger partial charge in [0, 0.05) is 35.9 Å². The van der Waals surface area contributed by atoms with Crippen LogP contribution in [0.5, 0.6) is 0 Å². The largest absolute Gasteiger partial charge is 0.399 e. The summed E-state index contributed by atoms with van der Waals surface area (Å²) in [5.74, 6) is -0.0636. The molecule has 6 heteroatoms. The fourth-order valence-electron chi connectivity index (χ4n) is 2.94. The van der Waals surface area contributed by atoms with Crippen molar-refractivity contribution in [2.75, 3.05) is 18.8 Å². The highest BCUT2D eigenvalue weighted by Gasteiger charge is 2.24. The van der Waals surface area contributed by atoms with Gasteiger partial charge in [-0.3, -0.25) is 9.59 Å². The highest BCUT2D eigenvalue weighted by atomic mass is 35.5. The van der Waals surface area contributed by atoms with Crippen molar-refractivity contribution in [3.8, 4) is 0 Å². The third-order valence-corrected chi connectivity index (χ3v) is 4.29. The Morgan fingerprint density at radius 3 is 2.24 bits per heavy atom. The van der Waals surface area contributed by atoms with Crippen LogP contribution >= 0.6 is 12.4 Å². The number of carbonyl (C=O) groups is 2. The molecule has 132 valence electrons. The Hall–Kier alpha value is -2.53. The number of nitrogens with zero attached hydrogens (tertiary/aromatic N) is 1. The standard InChI is InChI=1S/C19H21N3O2.ClH/c20-16-8-4-7-15(13-16)19(24)22-11-9-17(10-12-22)21-18(23)14-5-2-1-3-6-14;/h1-8,13,17H,9-12,20H2,(H,21,23);1H. The number of benzene rings is 2. The third kappa shape index (κ3) is 4.73. The van der Waals surface area contributed by atoms with Crippen LogP contribution in [0, 0.1) is 0 Å². The molecule has 2 aromatic carbocycles. The number of hydrogen-bond donors (Lipinski definition) is 2. The van der Waals surface area contributed by atoms with Crippen LogP contribution in [0.15, 0.2) is 54.6 Å². The predicted molar refractivity (Wildman–Crippen MR) is 101 cm³/mol. The Bertz CT molecular complexity index is 728. The van der Waals surface area contributed by atoms with Crippen LogP contribution in [0.25, 0.3) is 0 Å². The fourth-order valence-corrected chi connectivity index (χ4v) is 2.94. The maximum atomic E-state index is 12.5. The number of nitrogen functional groups attached to an aromatic ring is 1. The van der Waals surface area contributed by atoms with Gasteiger partial charge in [-0.15, -0.1) is 12.4 Å². The van der Waals surface area contributed by atoms with Crippen LogP contribution in [-0.4, -0.2) is 35.8 Å². The second-order valence-corrected chi connectivity index (χ2v) is 6.03. The smallest absolute Gasteiger partial charge is 0.253 e. The third-order valence-electron chi connectivity index (χ3n) is 4.29. The first-order valence-corrected chi connectivity index (χ1v) is 8.14. The van der Waals surface area contributed by atoms with E-state index in [2.05, 4.69) is 5.32 Å². The number of carbonyl (C=O) groups excluding carboxylic acids is 2. The molecule has 2 amide bonds. The van der Waals surface area contributed by atoms with Gasteiger partial charge in [0.1, 0.15) is 0 Å². The summed E-state index contributed by atoms with van der Waals surface area (Å²) in [6.07, 6.45) is 1.51. The minimum atomic E-state index is -0.0591. The molecule has 3 N–H and O–H groups in total. The topological polar surface area (TPSA) is 75.4 Å². The molecule has 0 atom stereocenters. The van der Waals surface area contributed by atoms with E-state index in [1.54, 1.807) is 36.4 Å². The summed E-state index contributed by atoms with van der Waals surface area (Å²) >= 11 is 0. The lowest BCUT2D eigenvalue weighted by atomic mass is 10.0. The van der Waals surface area contributed by atoms with Crippen molar-refractivity contribution >= 4 is 29.9 Å². The van der Waals surface area contributed by atoms with Gasteiger partial charge in [-0.1, -0.05) is 24.3 Å². The lowest BCUT2D eigenvalue weighted by Crippen LogP contribution is -2.46. The van der Waals surface area contributed by atoms with Gasteiger partial charge in [-0.05, 0) is 43.2 Å². The molecule has 1 aliphatic heterocycles. The van der Waals surface area contributed by atoms with E-state index in [0.29, 0.717) is 29.9 Å². The van der Waals surface area contributed by atoms with E-state index in [1.165, 1.54) is 0 Å².